The van der Waals surface area contributed by atoms with Crippen molar-refractivity contribution in [1.82, 2.24) is 0 Å². The van der Waals surface area contributed by atoms with Crippen molar-refractivity contribution in [1.29, 1.82) is 0 Å². The van der Waals surface area contributed by atoms with Crippen LogP contribution in [0.5, 0.6) is 0 Å². The third kappa shape index (κ3) is 4.06. The molecule has 2 rings (SSSR count). The second-order valence-electron chi connectivity index (χ2n) is 6.60. The Morgan fingerprint density at radius 1 is 0.750 bits per heavy atom. The predicted molar refractivity (Wildman–Crippen MR) is 67.7 cm³/mol. The molecule has 2 fully saturated rings. The Morgan fingerprint density at radius 3 is 1.38 bits per heavy atom. The van der Waals surface area contributed by atoms with Crippen LogP contribution < -0.4 is 0 Å². The molecule has 0 radical (unpaired) electrons. The Hall–Kier alpha value is -0.0800. The van der Waals surface area contributed by atoms with Crippen molar-refractivity contribution in [3.8, 4) is 0 Å². The number of hydrogen-bond acceptors (Lipinski definition) is 1. The van der Waals surface area contributed by atoms with E-state index in [1.165, 1.54) is 68.9 Å². The van der Waals surface area contributed by atoms with E-state index in [2.05, 4.69) is 14.1 Å². The van der Waals surface area contributed by atoms with Crippen LogP contribution in [0.2, 0.25) is 0 Å². The van der Waals surface area contributed by atoms with E-state index in [4.69, 9.17) is 0 Å². The Balaban J connectivity index is 0.00000128. The molecule has 1 N–H and O–H groups in total. The van der Waals surface area contributed by atoms with Gasteiger partial charge in [-0.05, 0) is 25.7 Å². The maximum absolute atomic E-state index is 2.46. The van der Waals surface area contributed by atoms with Crippen LogP contribution in [0.4, 0.5) is 0 Å². The number of rotatable bonds is 4. The van der Waals surface area contributed by atoms with Gasteiger partial charge in [-0.15, -0.1) is 0 Å². The van der Waals surface area contributed by atoms with E-state index in [1.807, 2.05) is 0 Å². The molecule has 0 aromatic rings. The summed E-state index contributed by atoms with van der Waals surface area (Å²) in [5.74, 6) is 2.09. The lowest BCUT2D eigenvalue weighted by atomic mass is 10.0. The van der Waals surface area contributed by atoms with Crippen LogP contribution in [-0.4, -0.2) is 37.1 Å². The highest BCUT2D eigenvalue weighted by atomic mass is 16.0. The summed E-state index contributed by atoms with van der Waals surface area (Å²) >= 11 is 0. The van der Waals surface area contributed by atoms with E-state index in [0.29, 0.717) is 0 Å². The highest BCUT2D eigenvalue weighted by Crippen LogP contribution is 2.30. The summed E-state index contributed by atoms with van der Waals surface area (Å²) < 4.78 is 1.29. The zero-order valence-corrected chi connectivity index (χ0v) is 11.1. The molecule has 2 heteroatoms. The second-order valence-corrected chi connectivity index (χ2v) is 6.60. The van der Waals surface area contributed by atoms with E-state index in [1.54, 1.807) is 0 Å². The molecule has 0 amide bonds. The van der Waals surface area contributed by atoms with Crippen molar-refractivity contribution >= 4 is 0 Å². The zero-order chi connectivity index (χ0) is 10.7. The van der Waals surface area contributed by atoms with Gasteiger partial charge in [0.05, 0.1) is 27.2 Å². The van der Waals surface area contributed by atoms with Crippen molar-refractivity contribution in [2.75, 3.05) is 27.2 Å². The Labute approximate surface area is 101 Å². The average molecular weight is 227 g/mol. The smallest absolute Gasteiger partial charge is 0.0811 e. The van der Waals surface area contributed by atoms with Crippen LogP contribution in [0.1, 0.15) is 51.4 Å². The summed E-state index contributed by atoms with van der Waals surface area (Å²) in [4.78, 5) is 0. The molecule has 0 aliphatic heterocycles. The average Bonchev–Trinajstić information content (AvgIpc) is 2.75. The predicted octanol–water partition coefficient (Wildman–Crippen LogP) is 3.27. The van der Waals surface area contributed by atoms with Gasteiger partial charge in [-0.2, -0.15) is 0 Å². The van der Waals surface area contributed by atoms with Crippen molar-refractivity contribution in [2.45, 2.75) is 51.4 Å². The van der Waals surface area contributed by atoms with Crippen LogP contribution in [0.15, 0.2) is 0 Å². The van der Waals surface area contributed by atoms with Crippen molar-refractivity contribution in [2.24, 2.45) is 11.8 Å². The van der Waals surface area contributed by atoms with Gasteiger partial charge in [0.15, 0.2) is 0 Å². The van der Waals surface area contributed by atoms with Gasteiger partial charge in [0.1, 0.15) is 0 Å². The largest absolute Gasteiger partial charge is 0.870 e. The molecule has 96 valence electrons. The highest BCUT2D eigenvalue weighted by Gasteiger charge is 2.28. The van der Waals surface area contributed by atoms with Gasteiger partial charge in [0, 0.05) is 11.8 Å². The van der Waals surface area contributed by atoms with Gasteiger partial charge < -0.3 is 9.96 Å². The molecule has 2 nitrogen and oxygen atoms in total. The van der Waals surface area contributed by atoms with E-state index in [0.717, 1.165) is 11.8 Å². The molecule has 0 bridgehead atoms. The lowest BCUT2D eigenvalue weighted by Gasteiger charge is -2.34. The Morgan fingerprint density at radius 2 is 1.06 bits per heavy atom. The minimum Gasteiger partial charge on any atom is -0.870 e. The molecule has 2 aliphatic rings. The summed E-state index contributed by atoms with van der Waals surface area (Å²) in [6, 6.07) is 0. The first-order valence-electron chi connectivity index (χ1n) is 6.98. The van der Waals surface area contributed by atoms with E-state index in [-0.39, 0.29) is 5.48 Å². The molecule has 0 spiro atoms. The molecule has 0 aromatic carbocycles. The maximum atomic E-state index is 2.46. The molecule has 0 aromatic heterocycles. The third-order valence-corrected chi connectivity index (χ3v) is 4.45. The van der Waals surface area contributed by atoms with Crippen LogP contribution >= 0.6 is 0 Å². The van der Waals surface area contributed by atoms with Crippen molar-refractivity contribution in [3.05, 3.63) is 0 Å². The van der Waals surface area contributed by atoms with Crippen LogP contribution in [-0.2, 0) is 0 Å². The molecule has 0 saturated heterocycles. The van der Waals surface area contributed by atoms with Gasteiger partial charge in [-0.25, -0.2) is 0 Å². The summed E-state index contributed by atoms with van der Waals surface area (Å²) in [5.41, 5.74) is 0. The quantitative estimate of drug-likeness (QED) is 0.678. The fourth-order valence-corrected chi connectivity index (χ4v) is 3.86. The van der Waals surface area contributed by atoms with Gasteiger partial charge >= 0.3 is 0 Å². The lowest BCUT2D eigenvalue weighted by molar-refractivity contribution is -0.896. The molecule has 0 atom stereocenters. The molecular formula is C14H29NO. The molecule has 2 saturated carbocycles. The first kappa shape index (κ1) is 14.0. The molecule has 2 aliphatic carbocycles. The van der Waals surface area contributed by atoms with E-state index < -0.39 is 0 Å². The lowest BCUT2D eigenvalue weighted by Crippen LogP contribution is -2.46. The molecule has 0 unspecified atom stereocenters. The maximum Gasteiger partial charge on any atom is 0.0811 e. The monoisotopic (exact) mass is 227 g/mol. The highest BCUT2D eigenvalue weighted by molar-refractivity contribution is 4.69. The fraction of sp³-hybridized carbons (Fsp3) is 1.00. The van der Waals surface area contributed by atoms with Crippen molar-refractivity contribution in [3.63, 3.8) is 0 Å². The number of nitrogens with zero attached hydrogens (tertiary/aromatic N) is 1. The summed E-state index contributed by atoms with van der Waals surface area (Å²) in [5, 5.41) is 0. The fourth-order valence-electron chi connectivity index (χ4n) is 3.86. The van der Waals surface area contributed by atoms with Crippen LogP contribution in [0.25, 0.3) is 0 Å². The third-order valence-electron chi connectivity index (χ3n) is 4.45. The van der Waals surface area contributed by atoms with Crippen LogP contribution in [0.3, 0.4) is 0 Å². The Kier molecular flexibility index (Phi) is 5.26. The van der Waals surface area contributed by atoms with E-state index >= 15 is 0 Å². The van der Waals surface area contributed by atoms with Gasteiger partial charge in [0.2, 0.25) is 0 Å². The minimum atomic E-state index is 0. The van der Waals surface area contributed by atoms with Crippen LogP contribution in [0, 0.1) is 11.8 Å². The van der Waals surface area contributed by atoms with Gasteiger partial charge in [0.25, 0.3) is 0 Å². The van der Waals surface area contributed by atoms with Gasteiger partial charge in [-0.1, -0.05) is 25.7 Å². The zero-order valence-electron chi connectivity index (χ0n) is 11.1. The standard InChI is InChI=1S/C14H28N.H2O/c1-15(2,11-13-7-3-4-8-13)12-14-9-5-6-10-14;/h13-14H,3-12H2,1-2H3;1H2/q+1;/p-1. The summed E-state index contributed by atoms with van der Waals surface area (Å²) in [6.45, 7) is 2.88. The normalized spacial score (nSPS) is 23.6. The topological polar surface area (TPSA) is 30.0 Å². The van der Waals surface area contributed by atoms with Gasteiger partial charge in [-0.3, -0.25) is 0 Å². The molecular weight excluding hydrogens is 198 g/mol. The second kappa shape index (κ2) is 6.02. The first-order chi connectivity index (χ1) is 7.16. The Bertz CT molecular complexity index is 171. The first-order valence-corrected chi connectivity index (χ1v) is 6.98. The molecule has 16 heavy (non-hydrogen) atoms. The summed E-state index contributed by atoms with van der Waals surface area (Å²) in [7, 11) is 4.91. The minimum absolute atomic E-state index is 0. The van der Waals surface area contributed by atoms with E-state index in [9.17, 15) is 0 Å². The molecule has 0 heterocycles. The summed E-state index contributed by atoms with van der Waals surface area (Å²) in [6.07, 6.45) is 12.0. The number of quaternary nitrogens is 1. The number of hydrogen-bond donors (Lipinski definition) is 0. The van der Waals surface area contributed by atoms with Crippen molar-refractivity contribution < 1.29 is 9.96 Å². The SMILES string of the molecule is C[N+](C)(CC1CCCC1)CC1CCCC1.[OH-].